The Kier molecular flexibility index (Phi) is 9.15. The molecule has 126 valence electrons. The second kappa shape index (κ2) is 10.3. The fraction of sp³-hybridized carbons (Fsp3) is 0.786. The molecule has 0 amide bonds. The van der Waals surface area contributed by atoms with Crippen molar-refractivity contribution in [3.63, 3.8) is 0 Å². The molecular weight excluding hydrogens is 411 g/mol. The molecular formula is C14H27IN6S. The van der Waals surface area contributed by atoms with Crippen molar-refractivity contribution in [2.75, 3.05) is 18.6 Å². The summed E-state index contributed by atoms with van der Waals surface area (Å²) < 4.78 is 1.98. The Morgan fingerprint density at radius 3 is 2.68 bits per heavy atom. The van der Waals surface area contributed by atoms with E-state index in [-0.39, 0.29) is 24.0 Å². The summed E-state index contributed by atoms with van der Waals surface area (Å²) in [4.78, 5) is 4.67. The van der Waals surface area contributed by atoms with Gasteiger partial charge in [-0.05, 0) is 26.0 Å². The maximum atomic E-state index is 4.67. The van der Waals surface area contributed by atoms with Crippen LogP contribution in [0, 0.1) is 6.92 Å². The number of aromatic nitrogens is 3. The Morgan fingerprint density at radius 1 is 1.36 bits per heavy atom. The van der Waals surface area contributed by atoms with Crippen LogP contribution in [0.3, 0.4) is 0 Å². The van der Waals surface area contributed by atoms with E-state index in [0.29, 0.717) is 12.6 Å². The first-order valence-corrected chi connectivity index (χ1v) is 8.98. The van der Waals surface area contributed by atoms with Crippen molar-refractivity contribution in [3.8, 4) is 0 Å². The summed E-state index contributed by atoms with van der Waals surface area (Å²) in [5, 5.41) is 15.2. The van der Waals surface area contributed by atoms with E-state index in [1.807, 2.05) is 30.3 Å². The quantitative estimate of drug-likeness (QED) is 0.308. The second-order valence-electron chi connectivity index (χ2n) is 5.43. The van der Waals surface area contributed by atoms with Gasteiger partial charge in [-0.25, -0.2) is 4.99 Å². The lowest BCUT2D eigenvalue weighted by atomic mass is 10.2. The van der Waals surface area contributed by atoms with E-state index in [9.17, 15) is 0 Å². The van der Waals surface area contributed by atoms with Crippen LogP contribution in [0.2, 0.25) is 0 Å². The first-order chi connectivity index (χ1) is 10.2. The van der Waals surface area contributed by atoms with E-state index in [1.165, 1.54) is 25.7 Å². The van der Waals surface area contributed by atoms with Crippen molar-refractivity contribution < 1.29 is 0 Å². The summed E-state index contributed by atoms with van der Waals surface area (Å²) in [7, 11) is 1.98. The number of nitrogens with zero attached hydrogens (tertiary/aromatic N) is 4. The van der Waals surface area contributed by atoms with E-state index in [4.69, 9.17) is 0 Å². The van der Waals surface area contributed by atoms with Gasteiger partial charge in [0.1, 0.15) is 12.4 Å². The van der Waals surface area contributed by atoms with Crippen LogP contribution in [0.15, 0.2) is 4.99 Å². The molecule has 0 spiro atoms. The smallest absolute Gasteiger partial charge is 0.191 e. The predicted octanol–water partition coefficient (Wildman–Crippen LogP) is 2.08. The van der Waals surface area contributed by atoms with Crippen LogP contribution in [0.1, 0.15) is 37.3 Å². The summed E-state index contributed by atoms with van der Waals surface area (Å²) in [5.41, 5.74) is 0. The third-order valence-corrected chi connectivity index (χ3v) is 4.47. The number of aliphatic imine (C=N–C) groups is 1. The zero-order valence-corrected chi connectivity index (χ0v) is 16.8. The molecule has 1 heterocycles. The van der Waals surface area contributed by atoms with Crippen molar-refractivity contribution in [3.05, 3.63) is 11.6 Å². The van der Waals surface area contributed by atoms with Crippen LogP contribution in [0.5, 0.6) is 0 Å². The van der Waals surface area contributed by atoms with Crippen molar-refractivity contribution in [2.45, 2.75) is 45.2 Å². The van der Waals surface area contributed by atoms with E-state index < -0.39 is 0 Å². The number of halogens is 1. The first kappa shape index (κ1) is 19.5. The van der Waals surface area contributed by atoms with Crippen molar-refractivity contribution >= 4 is 41.7 Å². The lowest BCUT2D eigenvalue weighted by Crippen LogP contribution is -2.43. The van der Waals surface area contributed by atoms with Gasteiger partial charge < -0.3 is 15.2 Å². The standard InChI is InChI=1S/C14H26N6S.HI/c1-11-18-19-13(20(11)2)10-16-14(15-8-9-21-3)17-12-6-4-5-7-12;/h12H,4-10H2,1-3H3,(H2,15,16,17);1H. The van der Waals surface area contributed by atoms with Crippen LogP contribution in [-0.2, 0) is 13.6 Å². The fourth-order valence-corrected chi connectivity index (χ4v) is 2.73. The third kappa shape index (κ3) is 5.94. The molecule has 6 nitrogen and oxygen atoms in total. The average molecular weight is 438 g/mol. The minimum absolute atomic E-state index is 0. The van der Waals surface area contributed by atoms with Crippen LogP contribution in [-0.4, -0.2) is 45.3 Å². The Bertz CT molecular complexity index is 470. The van der Waals surface area contributed by atoms with Gasteiger partial charge >= 0.3 is 0 Å². The van der Waals surface area contributed by atoms with Crippen molar-refractivity contribution in [1.82, 2.24) is 25.4 Å². The summed E-state index contributed by atoms with van der Waals surface area (Å²) in [5.74, 6) is 3.79. The van der Waals surface area contributed by atoms with E-state index in [0.717, 1.165) is 29.9 Å². The zero-order valence-electron chi connectivity index (χ0n) is 13.6. The Hall–Kier alpha value is -0.510. The maximum Gasteiger partial charge on any atom is 0.191 e. The molecule has 22 heavy (non-hydrogen) atoms. The summed E-state index contributed by atoms with van der Waals surface area (Å²) >= 11 is 1.83. The molecule has 8 heteroatoms. The SMILES string of the molecule is CSCCNC(=NCc1nnc(C)n1C)NC1CCCC1.I. The summed E-state index contributed by atoms with van der Waals surface area (Å²) in [6.45, 7) is 3.44. The lowest BCUT2D eigenvalue weighted by Gasteiger charge is -2.17. The number of nitrogens with one attached hydrogen (secondary N) is 2. The van der Waals surface area contributed by atoms with Crippen LogP contribution < -0.4 is 10.6 Å². The normalized spacial score (nSPS) is 15.7. The largest absolute Gasteiger partial charge is 0.356 e. The minimum Gasteiger partial charge on any atom is -0.356 e. The second-order valence-corrected chi connectivity index (χ2v) is 6.42. The van der Waals surface area contributed by atoms with Crippen molar-refractivity contribution in [1.29, 1.82) is 0 Å². The topological polar surface area (TPSA) is 67.1 Å². The molecule has 1 aromatic rings. The molecule has 1 aliphatic rings. The highest BCUT2D eigenvalue weighted by Gasteiger charge is 2.16. The minimum atomic E-state index is 0. The van der Waals surface area contributed by atoms with Gasteiger partial charge in [-0.2, -0.15) is 11.8 Å². The molecule has 0 unspecified atom stereocenters. The molecule has 2 rings (SSSR count). The maximum absolute atomic E-state index is 4.67. The fourth-order valence-electron chi connectivity index (χ4n) is 2.43. The van der Waals surface area contributed by atoms with Crippen LogP contribution in [0.4, 0.5) is 0 Å². The van der Waals surface area contributed by atoms with Gasteiger partial charge in [-0.1, -0.05) is 12.8 Å². The Morgan fingerprint density at radius 2 is 2.09 bits per heavy atom. The van der Waals surface area contributed by atoms with E-state index in [2.05, 4.69) is 32.1 Å². The molecule has 1 aliphatic carbocycles. The van der Waals surface area contributed by atoms with Gasteiger partial charge in [0.05, 0.1) is 0 Å². The predicted molar refractivity (Wildman–Crippen MR) is 104 cm³/mol. The number of thioether (sulfide) groups is 1. The highest BCUT2D eigenvalue weighted by molar-refractivity contribution is 14.0. The third-order valence-electron chi connectivity index (χ3n) is 3.86. The highest BCUT2D eigenvalue weighted by Crippen LogP contribution is 2.17. The molecule has 0 aromatic carbocycles. The molecule has 0 atom stereocenters. The van der Waals surface area contributed by atoms with Gasteiger partial charge in [0.15, 0.2) is 11.8 Å². The van der Waals surface area contributed by atoms with Gasteiger partial charge in [-0.3, -0.25) is 0 Å². The van der Waals surface area contributed by atoms with E-state index >= 15 is 0 Å². The van der Waals surface area contributed by atoms with Crippen LogP contribution >= 0.6 is 35.7 Å². The molecule has 0 radical (unpaired) electrons. The van der Waals surface area contributed by atoms with E-state index in [1.54, 1.807) is 0 Å². The van der Waals surface area contributed by atoms with Gasteiger partial charge in [0.25, 0.3) is 0 Å². The molecule has 2 N–H and O–H groups in total. The summed E-state index contributed by atoms with van der Waals surface area (Å²) in [6, 6.07) is 0.562. The number of hydrogen-bond acceptors (Lipinski definition) is 4. The molecule has 1 aromatic heterocycles. The molecule has 0 aliphatic heterocycles. The number of aryl methyl sites for hydroxylation is 1. The Balaban J connectivity index is 0.00000242. The van der Waals surface area contributed by atoms with Gasteiger partial charge in [0, 0.05) is 25.4 Å². The molecule has 0 saturated heterocycles. The first-order valence-electron chi connectivity index (χ1n) is 7.59. The number of hydrogen-bond donors (Lipinski definition) is 2. The van der Waals surface area contributed by atoms with Gasteiger partial charge in [-0.15, -0.1) is 34.2 Å². The Labute approximate surface area is 154 Å². The number of rotatable bonds is 6. The zero-order chi connectivity index (χ0) is 15.1. The van der Waals surface area contributed by atoms with Crippen molar-refractivity contribution in [2.24, 2.45) is 12.0 Å². The highest BCUT2D eigenvalue weighted by atomic mass is 127. The van der Waals surface area contributed by atoms with Gasteiger partial charge in [0.2, 0.25) is 0 Å². The molecule has 1 fully saturated rings. The monoisotopic (exact) mass is 438 g/mol. The molecule has 0 bridgehead atoms. The van der Waals surface area contributed by atoms with Crippen LogP contribution in [0.25, 0.3) is 0 Å². The lowest BCUT2D eigenvalue weighted by molar-refractivity contribution is 0.612. The molecule has 1 saturated carbocycles. The summed E-state index contributed by atoms with van der Waals surface area (Å²) in [6.07, 6.45) is 7.24. The average Bonchev–Trinajstić information content (AvgIpc) is 3.09. The number of guanidine groups is 1.